The largest absolute Gasteiger partial charge is 0.370 e. The lowest BCUT2D eigenvalue weighted by Gasteiger charge is -2.14. The van der Waals surface area contributed by atoms with E-state index in [0.29, 0.717) is 5.92 Å². The monoisotopic (exact) mass is 267 g/mol. The van der Waals surface area contributed by atoms with Crippen LogP contribution in [0.15, 0.2) is 5.03 Å². The first-order valence-electron chi connectivity index (χ1n) is 6.85. The Morgan fingerprint density at radius 3 is 2.44 bits per heavy atom. The minimum absolute atomic E-state index is 0.369. The van der Waals surface area contributed by atoms with Crippen LogP contribution in [0.3, 0.4) is 0 Å². The van der Waals surface area contributed by atoms with Crippen molar-refractivity contribution in [2.45, 2.75) is 58.4 Å². The van der Waals surface area contributed by atoms with Gasteiger partial charge >= 0.3 is 0 Å². The van der Waals surface area contributed by atoms with Gasteiger partial charge < -0.3 is 5.32 Å². The van der Waals surface area contributed by atoms with Crippen LogP contribution in [-0.2, 0) is 0 Å². The van der Waals surface area contributed by atoms with Gasteiger partial charge in [0, 0.05) is 18.0 Å². The van der Waals surface area contributed by atoms with Gasteiger partial charge in [-0.25, -0.2) is 9.97 Å². The van der Waals surface area contributed by atoms with Gasteiger partial charge in [-0.05, 0) is 25.5 Å². The van der Waals surface area contributed by atoms with E-state index in [0.717, 1.165) is 35.4 Å². The molecule has 1 aromatic rings. The van der Waals surface area contributed by atoms with Crippen LogP contribution in [0.4, 0.5) is 5.82 Å². The van der Waals surface area contributed by atoms with E-state index < -0.39 is 0 Å². The summed E-state index contributed by atoms with van der Waals surface area (Å²) in [6.07, 6.45) is 2.28. The van der Waals surface area contributed by atoms with Gasteiger partial charge in [0.15, 0.2) is 0 Å². The first-order valence-corrected chi connectivity index (χ1v) is 7.83. The molecule has 0 aliphatic heterocycles. The molecule has 3 nitrogen and oxygen atoms in total. The van der Waals surface area contributed by atoms with Crippen molar-refractivity contribution in [1.82, 2.24) is 9.97 Å². The molecular formula is C14H25N3S. The molecular weight excluding hydrogens is 242 g/mol. The van der Waals surface area contributed by atoms with Crippen LogP contribution in [0, 0.1) is 6.92 Å². The number of anilines is 1. The highest BCUT2D eigenvalue weighted by Gasteiger charge is 2.12. The Morgan fingerprint density at radius 2 is 1.89 bits per heavy atom. The molecule has 0 saturated heterocycles. The van der Waals surface area contributed by atoms with Crippen molar-refractivity contribution in [3.63, 3.8) is 0 Å². The van der Waals surface area contributed by atoms with Crippen molar-refractivity contribution in [2.24, 2.45) is 0 Å². The number of hydrogen-bond donors (Lipinski definition) is 1. The fourth-order valence-corrected chi connectivity index (χ4v) is 2.39. The molecule has 4 heteroatoms. The molecule has 0 unspecified atom stereocenters. The number of thioether (sulfide) groups is 1. The summed E-state index contributed by atoms with van der Waals surface area (Å²) in [6.45, 7) is 11.7. The van der Waals surface area contributed by atoms with Gasteiger partial charge in [-0.15, -0.1) is 11.8 Å². The highest BCUT2D eigenvalue weighted by molar-refractivity contribution is 7.99. The van der Waals surface area contributed by atoms with Crippen LogP contribution in [0.2, 0.25) is 0 Å². The molecule has 0 amide bonds. The van der Waals surface area contributed by atoms with Gasteiger partial charge in [0.2, 0.25) is 0 Å². The molecule has 1 aromatic heterocycles. The average Bonchev–Trinajstić information content (AvgIpc) is 2.35. The Balaban J connectivity index is 3.03. The zero-order valence-electron chi connectivity index (χ0n) is 12.2. The summed E-state index contributed by atoms with van der Waals surface area (Å²) >= 11 is 1.84. The summed E-state index contributed by atoms with van der Waals surface area (Å²) in [7, 11) is 0. The second-order valence-corrected chi connectivity index (χ2v) is 5.87. The lowest BCUT2D eigenvalue weighted by atomic mass is 10.2. The number of nitrogens with zero attached hydrogens (tertiary/aromatic N) is 2. The maximum Gasteiger partial charge on any atom is 0.134 e. The Labute approximate surface area is 115 Å². The second-order valence-electron chi connectivity index (χ2n) is 4.79. The van der Waals surface area contributed by atoms with Gasteiger partial charge in [-0.1, -0.05) is 27.7 Å². The summed E-state index contributed by atoms with van der Waals surface area (Å²) in [4.78, 5) is 9.33. The van der Waals surface area contributed by atoms with Gasteiger partial charge in [0.05, 0.1) is 0 Å². The smallest absolute Gasteiger partial charge is 0.134 e. The van der Waals surface area contributed by atoms with Crippen molar-refractivity contribution < 1.29 is 0 Å². The zero-order valence-corrected chi connectivity index (χ0v) is 13.0. The van der Waals surface area contributed by atoms with Crippen LogP contribution in [0.25, 0.3) is 0 Å². The third kappa shape index (κ3) is 4.16. The van der Waals surface area contributed by atoms with E-state index in [1.54, 1.807) is 0 Å². The first kappa shape index (κ1) is 15.3. The highest BCUT2D eigenvalue weighted by Crippen LogP contribution is 2.27. The Hall–Kier alpha value is -0.770. The highest BCUT2D eigenvalue weighted by atomic mass is 32.2. The molecule has 1 N–H and O–H groups in total. The summed E-state index contributed by atoms with van der Waals surface area (Å²) in [5.74, 6) is 3.43. The number of hydrogen-bond acceptors (Lipinski definition) is 4. The van der Waals surface area contributed by atoms with E-state index in [1.807, 2.05) is 11.8 Å². The number of nitrogens with one attached hydrogen (secondary N) is 1. The molecule has 0 saturated carbocycles. The summed E-state index contributed by atoms with van der Waals surface area (Å²) in [5, 5.41) is 4.54. The average molecular weight is 267 g/mol. The van der Waals surface area contributed by atoms with Crippen LogP contribution < -0.4 is 5.32 Å². The molecule has 0 atom stereocenters. The van der Waals surface area contributed by atoms with E-state index in [-0.39, 0.29) is 0 Å². The molecule has 0 radical (unpaired) electrons. The Morgan fingerprint density at radius 1 is 1.17 bits per heavy atom. The Kier molecular flexibility index (Phi) is 6.47. The van der Waals surface area contributed by atoms with Crippen molar-refractivity contribution in [1.29, 1.82) is 0 Å². The quantitative estimate of drug-likeness (QED) is 0.592. The molecule has 0 bridgehead atoms. The minimum atomic E-state index is 0.369. The van der Waals surface area contributed by atoms with E-state index in [1.165, 1.54) is 12.0 Å². The lowest BCUT2D eigenvalue weighted by Crippen LogP contribution is -2.09. The molecule has 0 aromatic carbocycles. The normalized spacial score (nSPS) is 11.0. The summed E-state index contributed by atoms with van der Waals surface area (Å²) in [6, 6.07) is 0. The lowest BCUT2D eigenvalue weighted by molar-refractivity contribution is 0.747. The summed E-state index contributed by atoms with van der Waals surface area (Å²) in [5.41, 5.74) is 1.19. The van der Waals surface area contributed by atoms with Crippen molar-refractivity contribution >= 4 is 17.6 Å². The maximum atomic E-state index is 4.69. The van der Waals surface area contributed by atoms with Gasteiger partial charge in [-0.3, -0.25) is 0 Å². The predicted octanol–water partition coefficient (Wildman–Crippen LogP) is 4.23. The van der Waals surface area contributed by atoms with E-state index in [9.17, 15) is 0 Å². The Bertz CT molecular complexity index is 348. The van der Waals surface area contributed by atoms with Crippen molar-refractivity contribution in [2.75, 3.05) is 17.6 Å². The summed E-state index contributed by atoms with van der Waals surface area (Å²) < 4.78 is 0. The zero-order chi connectivity index (χ0) is 13.5. The van der Waals surface area contributed by atoms with Gasteiger partial charge in [0.25, 0.3) is 0 Å². The fourth-order valence-electron chi connectivity index (χ4n) is 1.53. The molecule has 18 heavy (non-hydrogen) atoms. The van der Waals surface area contributed by atoms with E-state index in [2.05, 4.69) is 49.9 Å². The number of aromatic nitrogens is 2. The molecule has 102 valence electrons. The van der Waals surface area contributed by atoms with Crippen molar-refractivity contribution in [3.8, 4) is 0 Å². The topological polar surface area (TPSA) is 37.8 Å². The van der Waals surface area contributed by atoms with Gasteiger partial charge in [-0.2, -0.15) is 0 Å². The van der Waals surface area contributed by atoms with Crippen LogP contribution in [0.5, 0.6) is 0 Å². The van der Waals surface area contributed by atoms with E-state index >= 15 is 0 Å². The molecule has 0 aliphatic rings. The molecule has 0 fully saturated rings. The molecule has 0 aliphatic carbocycles. The third-order valence-electron chi connectivity index (χ3n) is 2.62. The standard InChI is InChI=1S/C14H25N3S/c1-6-8-15-13-11(5)14(18-9-7-2)17-12(16-13)10(3)4/h10H,6-9H2,1-5H3,(H,15,16,17). The van der Waals surface area contributed by atoms with Crippen molar-refractivity contribution in [3.05, 3.63) is 11.4 Å². The van der Waals surface area contributed by atoms with E-state index in [4.69, 9.17) is 0 Å². The number of rotatable bonds is 7. The predicted molar refractivity (Wildman–Crippen MR) is 80.7 cm³/mol. The minimum Gasteiger partial charge on any atom is -0.370 e. The fraction of sp³-hybridized carbons (Fsp3) is 0.714. The van der Waals surface area contributed by atoms with Gasteiger partial charge in [0.1, 0.15) is 16.7 Å². The second kappa shape index (κ2) is 7.62. The molecule has 1 rings (SSSR count). The van der Waals surface area contributed by atoms with Crippen LogP contribution in [-0.4, -0.2) is 22.3 Å². The SMILES string of the molecule is CCCNc1nc(C(C)C)nc(SCCC)c1C. The van der Waals surface area contributed by atoms with Crippen LogP contribution in [0.1, 0.15) is 57.8 Å². The third-order valence-corrected chi connectivity index (χ3v) is 3.90. The van der Waals surface area contributed by atoms with Crippen LogP contribution >= 0.6 is 11.8 Å². The first-order chi connectivity index (χ1) is 8.60. The maximum absolute atomic E-state index is 4.69. The molecule has 0 spiro atoms. The molecule has 1 heterocycles.